The molecule has 1 fully saturated rings. The van der Waals surface area contributed by atoms with Crippen LogP contribution >= 0.6 is 11.6 Å². The van der Waals surface area contributed by atoms with Gasteiger partial charge in [-0.3, -0.25) is 14.5 Å². The van der Waals surface area contributed by atoms with Crippen molar-refractivity contribution in [2.45, 2.75) is 25.6 Å². The first-order valence-corrected chi connectivity index (χ1v) is 6.59. The summed E-state index contributed by atoms with van der Waals surface area (Å²) in [6, 6.07) is 1.90. The first kappa shape index (κ1) is 15.6. The molecule has 21 heavy (non-hydrogen) atoms. The number of carbonyl (C=O) groups is 2. The van der Waals surface area contributed by atoms with Crippen molar-refractivity contribution in [3.05, 3.63) is 28.8 Å². The summed E-state index contributed by atoms with van der Waals surface area (Å²) >= 11 is 5.84. The Morgan fingerprint density at radius 2 is 2.05 bits per heavy atom. The van der Waals surface area contributed by atoms with E-state index in [0.717, 1.165) is 23.1 Å². The summed E-state index contributed by atoms with van der Waals surface area (Å²) in [7, 11) is 0. The average molecular weight is 321 g/mol. The standard InChI is InChI=1S/C13H12ClF3N2O2/c1-2-19-11(20)6-10(12(19)21)18-9-5-7(13(15,16)17)3-4-8(9)14/h3-5,10,18H,2,6H2,1H3. The van der Waals surface area contributed by atoms with E-state index in [4.69, 9.17) is 11.6 Å². The van der Waals surface area contributed by atoms with Gasteiger partial charge >= 0.3 is 6.18 Å². The Morgan fingerprint density at radius 1 is 1.38 bits per heavy atom. The molecular weight excluding hydrogens is 309 g/mol. The number of likely N-dealkylation sites (N-methyl/N-ethyl adjacent to an activating group) is 1. The van der Waals surface area contributed by atoms with Gasteiger partial charge in [-0.25, -0.2) is 0 Å². The third kappa shape index (κ3) is 3.12. The van der Waals surface area contributed by atoms with Gasteiger partial charge in [-0.05, 0) is 25.1 Å². The van der Waals surface area contributed by atoms with Crippen LogP contribution in [-0.2, 0) is 15.8 Å². The van der Waals surface area contributed by atoms with E-state index in [1.807, 2.05) is 0 Å². The highest BCUT2D eigenvalue weighted by Crippen LogP contribution is 2.34. The number of alkyl halides is 3. The second kappa shape index (κ2) is 5.55. The van der Waals surface area contributed by atoms with Crippen LogP contribution in [0.5, 0.6) is 0 Å². The Balaban J connectivity index is 2.24. The number of hydrogen-bond acceptors (Lipinski definition) is 3. The maximum Gasteiger partial charge on any atom is 0.416 e. The van der Waals surface area contributed by atoms with Gasteiger partial charge in [0, 0.05) is 6.54 Å². The number of nitrogens with zero attached hydrogens (tertiary/aromatic N) is 1. The molecule has 4 nitrogen and oxygen atoms in total. The summed E-state index contributed by atoms with van der Waals surface area (Å²) < 4.78 is 38.0. The molecule has 0 bridgehead atoms. The fourth-order valence-electron chi connectivity index (χ4n) is 2.13. The molecule has 2 amide bonds. The van der Waals surface area contributed by atoms with Crippen molar-refractivity contribution in [1.29, 1.82) is 0 Å². The number of halogens is 4. The molecular formula is C13H12ClF3N2O2. The van der Waals surface area contributed by atoms with Crippen molar-refractivity contribution in [2.24, 2.45) is 0 Å². The van der Waals surface area contributed by atoms with Crippen molar-refractivity contribution in [1.82, 2.24) is 4.90 Å². The minimum atomic E-state index is -4.51. The zero-order chi connectivity index (χ0) is 15.8. The van der Waals surface area contributed by atoms with E-state index < -0.39 is 23.7 Å². The molecule has 1 aromatic rings. The maximum absolute atomic E-state index is 12.7. The summed E-state index contributed by atoms with van der Waals surface area (Å²) in [5.74, 6) is -0.820. The van der Waals surface area contributed by atoms with Crippen LogP contribution in [-0.4, -0.2) is 29.3 Å². The van der Waals surface area contributed by atoms with Gasteiger partial charge in [0.2, 0.25) is 5.91 Å². The van der Waals surface area contributed by atoms with Gasteiger partial charge in [-0.2, -0.15) is 13.2 Å². The third-order valence-corrected chi connectivity index (χ3v) is 3.51. The SMILES string of the molecule is CCN1C(=O)CC(Nc2cc(C(F)(F)F)ccc2Cl)C1=O. The Kier molecular flexibility index (Phi) is 4.13. The molecule has 1 saturated heterocycles. The highest BCUT2D eigenvalue weighted by molar-refractivity contribution is 6.33. The van der Waals surface area contributed by atoms with Crippen molar-refractivity contribution in [3.8, 4) is 0 Å². The second-order valence-corrected chi connectivity index (χ2v) is 4.98. The van der Waals surface area contributed by atoms with Crippen LogP contribution in [0.15, 0.2) is 18.2 Å². The smallest absolute Gasteiger partial charge is 0.372 e. The van der Waals surface area contributed by atoms with Crippen LogP contribution in [0.2, 0.25) is 5.02 Å². The number of benzene rings is 1. The molecule has 1 aromatic carbocycles. The lowest BCUT2D eigenvalue weighted by molar-refractivity contribution is -0.138. The van der Waals surface area contributed by atoms with Crippen molar-refractivity contribution in [2.75, 3.05) is 11.9 Å². The number of anilines is 1. The molecule has 1 aliphatic rings. The molecule has 0 spiro atoms. The number of nitrogens with one attached hydrogen (secondary N) is 1. The number of likely N-dealkylation sites (tertiary alicyclic amines) is 1. The molecule has 8 heteroatoms. The molecule has 1 atom stereocenters. The zero-order valence-electron chi connectivity index (χ0n) is 11.0. The molecule has 0 aliphatic carbocycles. The number of imide groups is 1. The van der Waals surface area contributed by atoms with Crippen LogP contribution in [0.3, 0.4) is 0 Å². The van der Waals surface area contributed by atoms with Crippen LogP contribution in [0.1, 0.15) is 18.9 Å². The largest absolute Gasteiger partial charge is 0.416 e. The van der Waals surface area contributed by atoms with Gasteiger partial charge in [-0.15, -0.1) is 0 Å². The van der Waals surface area contributed by atoms with E-state index in [1.165, 1.54) is 0 Å². The average Bonchev–Trinajstić information content (AvgIpc) is 2.65. The van der Waals surface area contributed by atoms with E-state index in [0.29, 0.717) is 0 Å². The fraction of sp³-hybridized carbons (Fsp3) is 0.385. The third-order valence-electron chi connectivity index (χ3n) is 3.18. The minimum absolute atomic E-state index is 0.0180. The van der Waals surface area contributed by atoms with Crippen LogP contribution in [0.25, 0.3) is 0 Å². The first-order chi connectivity index (χ1) is 9.74. The molecule has 2 rings (SSSR count). The van der Waals surface area contributed by atoms with Gasteiger partial charge in [0.05, 0.1) is 22.7 Å². The van der Waals surface area contributed by atoms with Gasteiger partial charge in [0.15, 0.2) is 0 Å². The Labute approximate surface area is 123 Å². The van der Waals surface area contributed by atoms with E-state index in [1.54, 1.807) is 6.92 Å². The molecule has 1 N–H and O–H groups in total. The zero-order valence-corrected chi connectivity index (χ0v) is 11.8. The van der Waals surface area contributed by atoms with Crippen LogP contribution in [0.4, 0.5) is 18.9 Å². The predicted molar refractivity (Wildman–Crippen MR) is 70.9 cm³/mol. The van der Waals surface area contributed by atoms with Crippen LogP contribution in [0, 0.1) is 0 Å². The number of amides is 2. The molecule has 0 aromatic heterocycles. The van der Waals surface area contributed by atoms with Crippen molar-refractivity contribution < 1.29 is 22.8 Å². The fourth-order valence-corrected chi connectivity index (χ4v) is 2.30. The van der Waals surface area contributed by atoms with E-state index in [2.05, 4.69) is 5.32 Å². The Hall–Kier alpha value is -1.76. The first-order valence-electron chi connectivity index (χ1n) is 6.21. The van der Waals surface area contributed by atoms with E-state index in [9.17, 15) is 22.8 Å². The van der Waals surface area contributed by atoms with Crippen molar-refractivity contribution in [3.63, 3.8) is 0 Å². The molecule has 114 valence electrons. The van der Waals surface area contributed by atoms with E-state index in [-0.39, 0.29) is 29.6 Å². The van der Waals surface area contributed by atoms with Gasteiger partial charge in [-0.1, -0.05) is 11.6 Å². The monoisotopic (exact) mass is 320 g/mol. The topological polar surface area (TPSA) is 49.4 Å². The van der Waals surface area contributed by atoms with Crippen molar-refractivity contribution >= 4 is 29.1 Å². The Morgan fingerprint density at radius 3 is 2.57 bits per heavy atom. The number of hydrogen-bond donors (Lipinski definition) is 1. The molecule has 0 saturated carbocycles. The number of carbonyl (C=O) groups excluding carboxylic acids is 2. The molecule has 1 heterocycles. The lowest BCUT2D eigenvalue weighted by Gasteiger charge is -2.16. The summed E-state index contributed by atoms with van der Waals surface area (Å²) in [6.45, 7) is 1.88. The molecule has 0 radical (unpaired) electrons. The van der Waals surface area contributed by atoms with Gasteiger partial charge in [0.1, 0.15) is 6.04 Å². The summed E-state index contributed by atoms with van der Waals surface area (Å²) in [5.41, 5.74) is -0.894. The lowest BCUT2D eigenvalue weighted by Crippen LogP contribution is -2.34. The molecule has 1 aliphatic heterocycles. The van der Waals surface area contributed by atoms with Gasteiger partial charge in [0.25, 0.3) is 5.91 Å². The number of rotatable bonds is 3. The summed E-state index contributed by atoms with van der Waals surface area (Å²) in [4.78, 5) is 24.6. The summed E-state index contributed by atoms with van der Waals surface area (Å²) in [5, 5.41) is 2.68. The summed E-state index contributed by atoms with van der Waals surface area (Å²) in [6.07, 6.45) is -4.61. The Bertz CT molecular complexity index is 589. The van der Waals surface area contributed by atoms with Crippen LogP contribution < -0.4 is 5.32 Å². The second-order valence-electron chi connectivity index (χ2n) is 4.57. The van der Waals surface area contributed by atoms with E-state index >= 15 is 0 Å². The predicted octanol–water partition coefficient (Wildman–Crippen LogP) is 2.92. The normalized spacial score (nSPS) is 19.3. The minimum Gasteiger partial charge on any atom is -0.372 e. The maximum atomic E-state index is 12.7. The highest BCUT2D eigenvalue weighted by Gasteiger charge is 2.38. The molecule has 1 unspecified atom stereocenters. The lowest BCUT2D eigenvalue weighted by atomic mass is 10.1. The quantitative estimate of drug-likeness (QED) is 0.871. The van der Waals surface area contributed by atoms with Gasteiger partial charge < -0.3 is 5.32 Å². The highest BCUT2D eigenvalue weighted by atomic mass is 35.5.